The van der Waals surface area contributed by atoms with Gasteiger partial charge in [0.15, 0.2) is 0 Å². The van der Waals surface area contributed by atoms with Gasteiger partial charge >= 0.3 is 0 Å². The monoisotopic (exact) mass is 322 g/mol. The van der Waals surface area contributed by atoms with Crippen LogP contribution in [-0.4, -0.2) is 18.5 Å². The molecule has 0 aliphatic rings. The van der Waals surface area contributed by atoms with Crippen molar-refractivity contribution in [1.29, 1.82) is 0 Å². The molecule has 0 radical (unpaired) electrons. The Morgan fingerprint density at radius 3 is 1.71 bits per heavy atom. The Balaban J connectivity index is 0.00000169. The number of rotatable bonds is 1. The van der Waals surface area contributed by atoms with E-state index in [0.29, 0.717) is 5.16 Å². The number of benzene rings is 1. The van der Waals surface area contributed by atoms with Crippen LogP contribution in [0.15, 0.2) is 30.3 Å². The number of hydrogen-bond donors (Lipinski definition) is 0. The SMILES string of the molecule is CC(C)(C)[P+](C)(C)c1ccccc1.[I-]. The molecule has 0 spiro atoms. The zero-order valence-corrected chi connectivity index (χ0v) is 12.8. The first kappa shape index (κ1) is 14.4. The summed E-state index contributed by atoms with van der Waals surface area (Å²) >= 11 is 0. The molecule has 1 aromatic rings. The summed E-state index contributed by atoms with van der Waals surface area (Å²) in [5, 5.41) is 1.94. The molecule has 0 heterocycles. The summed E-state index contributed by atoms with van der Waals surface area (Å²) in [4.78, 5) is 0. The molecule has 0 aliphatic heterocycles. The van der Waals surface area contributed by atoms with Gasteiger partial charge in [-0.05, 0) is 32.9 Å². The average molecular weight is 322 g/mol. The Kier molecular flexibility index (Phi) is 5.07. The first-order valence-electron chi connectivity index (χ1n) is 4.75. The van der Waals surface area contributed by atoms with Crippen LogP contribution in [-0.2, 0) is 0 Å². The van der Waals surface area contributed by atoms with Crippen molar-refractivity contribution in [3.8, 4) is 0 Å². The molecule has 0 unspecified atom stereocenters. The van der Waals surface area contributed by atoms with Crippen molar-refractivity contribution in [3.05, 3.63) is 30.3 Å². The molecule has 0 amide bonds. The van der Waals surface area contributed by atoms with E-state index >= 15 is 0 Å². The molecule has 0 bridgehead atoms. The molecule has 1 rings (SSSR count). The average Bonchev–Trinajstić information content (AvgIpc) is 2.04. The topological polar surface area (TPSA) is 0 Å². The van der Waals surface area contributed by atoms with Gasteiger partial charge in [-0.1, -0.05) is 18.2 Å². The minimum absolute atomic E-state index is 0. The molecule has 14 heavy (non-hydrogen) atoms. The van der Waals surface area contributed by atoms with Crippen LogP contribution in [0.5, 0.6) is 0 Å². The maximum absolute atomic E-state index is 2.42. The largest absolute Gasteiger partial charge is 1.00 e. The second kappa shape index (κ2) is 4.94. The van der Waals surface area contributed by atoms with Crippen LogP contribution >= 0.6 is 7.26 Å². The first-order valence-corrected chi connectivity index (χ1v) is 7.44. The number of hydrogen-bond acceptors (Lipinski definition) is 0. The van der Waals surface area contributed by atoms with E-state index in [1.165, 1.54) is 5.30 Å². The minimum Gasteiger partial charge on any atom is -1.00 e. The predicted molar refractivity (Wildman–Crippen MR) is 64.6 cm³/mol. The molecule has 0 atom stereocenters. The summed E-state index contributed by atoms with van der Waals surface area (Å²) in [6, 6.07) is 10.9. The van der Waals surface area contributed by atoms with Crippen molar-refractivity contribution in [2.45, 2.75) is 25.9 Å². The van der Waals surface area contributed by atoms with Gasteiger partial charge in [-0.25, -0.2) is 0 Å². The molecule has 0 N–H and O–H groups in total. The van der Waals surface area contributed by atoms with Crippen LogP contribution in [0.1, 0.15) is 20.8 Å². The Hall–Kier alpha value is 0.380. The highest BCUT2D eigenvalue weighted by atomic mass is 127. The quantitative estimate of drug-likeness (QED) is 0.518. The summed E-state index contributed by atoms with van der Waals surface area (Å²) in [6.45, 7) is 11.9. The van der Waals surface area contributed by atoms with Crippen molar-refractivity contribution >= 4 is 12.6 Å². The highest BCUT2D eigenvalue weighted by Crippen LogP contribution is 2.61. The van der Waals surface area contributed by atoms with Gasteiger partial charge in [0, 0.05) is 7.26 Å². The molecular formula is C12H20IP. The predicted octanol–water partition coefficient (Wildman–Crippen LogP) is 0.392. The zero-order chi connectivity index (χ0) is 10.1. The van der Waals surface area contributed by atoms with E-state index < -0.39 is 7.26 Å². The van der Waals surface area contributed by atoms with E-state index in [1.54, 1.807) is 0 Å². The molecule has 0 aliphatic carbocycles. The van der Waals surface area contributed by atoms with Gasteiger partial charge in [0.1, 0.15) is 0 Å². The highest BCUT2D eigenvalue weighted by Gasteiger charge is 2.41. The van der Waals surface area contributed by atoms with E-state index in [4.69, 9.17) is 0 Å². The maximum atomic E-state index is 2.42. The lowest BCUT2D eigenvalue weighted by molar-refractivity contribution is -0.00000313. The van der Waals surface area contributed by atoms with Gasteiger partial charge in [-0.3, -0.25) is 0 Å². The third kappa shape index (κ3) is 2.93. The Morgan fingerprint density at radius 2 is 1.36 bits per heavy atom. The Morgan fingerprint density at radius 1 is 0.929 bits per heavy atom. The van der Waals surface area contributed by atoms with Crippen LogP contribution in [0.25, 0.3) is 0 Å². The van der Waals surface area contributed by atoms with E-state index in [1.807, 2.05) is 0 Å². The smallest absolute Gasteiger partial charge is 0.0939 e. The van der Waals surface area contributed by atoms with Crippen molar-refractivity contribution in [1.82, 2.24) is 0 Å². The van der Waals surface area contributed by atoms with Crippen LogP contribution in [0.4, 0.5) is 0 Å². The molecule has 0 fully saturated rings. The molecule has 2 heteroatoms. The molecule has 0 aromatic heterocycles. The molecule has 80 valence electrons. The van der Waals surface area contributed by atoms with Crippen LogP contribution in [0.3, 0.4) is 0 Å². The Bertz CT molecular complexity index is 272. The first-order chi connectivity index (χ1) is 5.86. The minimum atomic E-state index is -0.979. The van der Waals surface area contributed by atoms with E-state index in [-0.39, 0.29) is 24.0 Å². The van der Waals surface area contributed by atoms with Crippen LogP contribution in [0, 0.1) is 0 Å². The fourth-order valence-electron chi connectivity index (χ4n) is 1.19. The lowest BCUT2D eigenvalue weighted by Gasteiger charge is -2.31. The second-order valence-electron chi connectivity index (χ2n) is 4.96. The molecule has 1 aromatic carbocycles. The fourth-order valence-corrected chi connectivity index (χ4v) is 2.88. The maximum Gasteiger partial charge on any atom is 0.0939 e. The molecule has 0 saturated heterocycles. The van der Waals surface area contributed by atoms with Gasteiger partial charge in [0.2, 0.25) is 0 Å². The van der Waals surface area contributed by atoms with Gasteiger partial charge < -0.3 is 24.0 Å². The van der Waals surface area contributed by atoms with Crippen molar-refractivity contribution in [3.63, 3.8) is 0 Å². The van der Waals surface area contributed by atoms with Crippen molar-refractivity contribution in [2.24, 2.45) is 0 Å². The highest BCUT2D eigenvalue weighted by molar-refractivity contribution is 7.82. The van der Waals surface area contributed by atoms with Crippen LogP contribution < -0.4 is 29.3 Å². The van der Waals surface area contributed by atoms with Gasteiger partial charge in [0.05, 0.1) is 23.8 Å². The number of halogens is 1. The Labute approximate surface area is 106 Å². The summed E-state index contributed by atoms with van der Waals surface area (Å²) in [7, 11) is -0.979. The summed E-state index contributed by atoms with van der Waals surface area (Å²) in [6.07, 6.45) is 0. The van der Waals surface area contributed by atoms with E-state index in [2.05, 4.69) is 64.4 Å². The second-order valence-corrected chi connectivity index (χ2v) is 9.72. The third-order valence-electron chi connectivity index (χ3n) is 3.08. The third-order valence-corrected chi connectivity index (χ3v) is 8.02. The van der Waals surface area contributed by atoms with Crippen molar-refractivity contribution in [2.75, 3.05) is 13.3 Å². The standard InChI is InChI=1S/C12H20P.HI/c1-12(2,3)13(4,5)11-9-7-6-8-10-11;/h6-10H,1-5H3;1H/q+1;/p-1. The van der Waals surface area contributed by atoms with E-state index in [9.17, 15) is 0 Å². The molecule has 0 nitrogen and oxygen atoms in total. The fraction of sp³-hybridized carbons (Fsp3) is 0.500. The summed E-state index contributed by atoms with van der Waals surface area (Å²) in [5.74, 6) is 0. The van der Waals surface area contributed by atoms with E-state index in [0.717, 1.165) is 0 Å². The van der Waals surface area contributed by atoms with Gasteiger partial charge in [-0.15, -0.1) is 0 Å². The van der Waals surface area contributed by atoms with Crippen LogP contribution in [0.2, 0.25) is 0 Å². The summed E-state index contributed by atoms with van der Waals surface area (Å²) in [5.41, 5.74) is 0. The lowest BCUT2D eigenvalue weighted by atomic mass is 10.3. The normalized spacial score (nSPS) is 12.1. The zero-order valence-electron chi connectivity index (χ0n) is 9.71. The lowest BCUT2D eigenvalue weighted by Crippen LogP contribution is -3.00. The van der Waals surface area contributed by atoms with Gasteiger partial charge in [-0.2, -0.15) is 0 Å². The molecular weight excluding hydrogens is 302 g/mol. The molecule has 0 saturated carbocycles. The van der Waals surface area contributed by atoms with Crippen molar-refractivity contribution < 1.29 is 24.0 Å². The van der Waals surface area contributed by atoms with Gasteiger partial charge in [0.25, 0.3) is 0 Å². The summed E-state index contributed by atoms with van der Waals surface area (Å²) < 4.78 is 0.